The van der Waals surface area contributed by atoms with Gasteiger partial charge in [-0.25, -0.2) is 0 Å². The molecule has 0 bridgehead atoms. The summed E-state index contributed by atoms with van der Waals surface area (Å²) >= 11 is 0. The van der Waals surface area contributed by atoms with Gasteiger partial charge in [-0.15, -0.1) is 0 Å². The number of rotatable bonds is 16. The first-order valence-corrected chi connectivity index (χ1v) is 14.7. The highest BCUT2D eigenvalue weighted by atomic mass is 16.5. The van der Waals surface area contributed by atoms with Crippen molar-refractivity contribution in [1.82, 2.24) is 16.0 Å². The van der Waals surface area contributed by atoms with Crippen molar-refractivity contribution < 1.29 is 33.8 Å². The minimum Gasteiger partial charge on any atom is -0.492 e. The lowest BCUT2D eigenvalue weighted by Gasteiger charge is -2.25. The summed E-state index contributed by atoms with van der Waals surface area (Å²) in [5.41, 5.74) is 2.29. The number of nitrogens with one attached hydrogen (secondary N) is 4. The average Bonchev–Trinajstić information content (AvgIpc) is 3.01. The molecule has 3 rings (SSSR count). The van der Waals surface area contributed by atoms with Crippen LogP contribution in [0.15, 0.2) is 72.8 Å². The van der Waals surface area contributed by atoms with Gasteiger partial charge in [0.2, 0.25) is 5.91 Å². The van der Waals surface area contributed by atoms with E-state index >= 15 is 0 Å². The van der Waals surface area contributed by atoms with E-state index in [0.717, 1.165) is 5.56 Å². The number of carboxylic acids is 1. The monoisotopic (exact) mass is 618 g/mol. The number of benzene rings is 3. The number of aliphatic carboxylic acids is 1. The molecule has 3 aromatic rings. The van der Waals surface area contributed by atoms with E-state index in [9.17, 15) is 19.2 Å². The fourth-order valence-electron chi connectivity index (χ4n) is 4.07. The summed E-state index contributed by atoms with van der Waals surface area (Å²) in [5, 5.41) is 20.3. The highest BCUT2D eigenvalue weighted by molar-refractivity contribution is 6.01. The molecule has 3 amide bonds. The van der Waals surface area contributed by atoms with Crippen LogP contribution in [-0.2, 0) is 27.3 Å². The Morgan fingerprint density at radius 2 is 1.58 bits per heavy atom. The van der Waals surface area contributed by atoms with Gasteiger partial charge in [0.25, 0.3) is 11.8 Å². The summed E-state index contributed by atoms with van der Waals surface area (Å²) in [6.07, 6.45) is 0.392. The lowest BCUT2D eigenvalue weighted by molar-refractivity contribution is -0.137. The van der Waals surface area contributed by atoms with Crippen molar-refractivity contribution in [2.45, 2.75) is 51.8 Å². The van der Waals surface area contributed by atoms with Gasteiger partial charge in [0.1, 0.15) is 18.4 Å². The summed E-state index contributed by atoms with van der Waals surface area (Å²) in [5.74, 6) is -1.41. The van der Waals surface area contributed by atoms with Crippen molar-refractivity contribution in [3.05, 3.63) is 95.1 Å². The predicted octanol–water partition coefficient (Wildman–Crippen LogP) is 3.78. The molecule has 3 aromatic carbocycles. The molecule has 11 nitrogen and oxygen atoms in total. The summed E-state index contributed by atoms with van der Waals surface area (Å²) in [7, 11) is 1.84. The number of likely N-dealkylation sites (N-methyl/N-ethyl adjacent to an activating group) is 1. The standard InChI is InChI=1S/C34H42N4O7/c1-34(2,3)45-22-29(33(43)37-27-13-8-23(9-14-27)10-17-30(39)40)38-32(42)26-7-5-6-24(20-26)21-36-31(41)25-11-15-28(16-12-25)44-19-18-35-4/h5-9,11-16,20,29,35H,10,17-19,21-22H2,1-4H3,(H,36,41)(H,37,43)(H,38,42)(H,39,40)/t29-/m0/s1. The Balaban J connectivity index is 1.61. The van der Waals surface area contributed by atoms with Crippen LogP contribution in [0.1, 0.15) is 59.0 Å². The average molecular weight is 619 g/mol. The summed E-state index contributed by atoms with van der Waals surface area (Å²) in [6.45, 7) is 6.92. The van der Waals surface area contributed by atoms with Crippen LogP contribution in [0.3, 0.4) is 0 Å². The van der Waals surface area contributed by atoms with Crippen molar-refractivity contribution in [3.8, 4) is 5.75 Å². The van der Waals surface area contributed by atoms with Gasteiger partial charge < -0.3 is 35.8 Å². The first-order chi connectivity index (χ1) is 21.4. The van der Waals surface area contributed by atoms with Gasteiger partial charge in [-0.1, -0.05) is 24.3 Å². The summed E-state index contributed by atoms with van der Waals surface area (Å²) < 4.78 is 11.4. The molecule has 0 saturated carbocycles. The number of carbonyl (C=O) groups excluding carboxylic acids is 3. The molecule has 0 heterocycles. The molecular formula is C34H42N4O7. The minimum absolute atomic E-state index is 0.0127. The summed E-state index contributed by atoms with van der Waals surface area (Å²) in [4.78, 5) is 50.0. The van der Waals surface area contributed by atoms with Gasteiger partial charge in [-0.2, -0.15) is 0 Å². The van der Waals surface area contributed by atoms with E-state index in [1.54, 1.807) is 72.8 Å². The second kappa shape index (κ2) is 16.9. The number of carboxylic acid groups (broad SMARTS) is 1. The molecule has 0 saturated heterocycles. The maximum Gasteiger partial charge on any atom is 0.303 e. The van der Waals surface area contributed by atoms with E-state index in [4.69, 9.17) is 14.6 Å². The molecule has 0 spiro atoms. The summed E-state index contributed by atoms with van der Waals surface area (Å²) in [6, 6.07) is 19.5. The van der Waals surface area contributed by atoms with Crippen molar-refractivity contribution in [2.24, 2.45) is 0 Å². The third-order valence-corrected chi connectivity index (χ3v) is 6.53. The minimum atomic E-state index is -1.00. The first-order valence-electron chi connectivity index (χ1n) is 14.7. The molecule has 0 aliphatic heterocycles. The largest absolute Gasteiger partial charge is 0.492 e. The Bertz CT molecular complexity index is 1430. The SMILES string of the molecule is CNCCOc1ccc(C(=O)NCc2cccc(C(=O)N[C@@H](COC(C)(C)C)C(=O)Nc3ccc(CCC(=O)O)cc3)c2)cc1. The van der Waals surface area contributed by atoms with Crippen LogP contribution >= 0.6 is 0 Å². The van der Waals surface area contributed by atoms with Gasteiger partial charge in [-0.05, 0) is 93.9 Å². The second-order valence-electron chi connectivity index (χ2n) is 11.4. The molecule has 0 unspecified atom stereocenters. The molecule has 11 heteroatoms. The Morgan fingerprint density at radius 3 is 2.22 bits per heavy atom. The van der Waals surface area contributed by atoms with Crippen LogP contribution in [0.5, 0.6) is 5.75 Å². The van der Waals surface area contributed by atoms with Crippen LogP contribution in [0.4, 0.5) is 5.69 Å². The van der Waals surface area contributed by atoms with E-state index < -0.39 is 29.4 Å². The number of aryl methyl sites for hydroxylation is 1. The Morgan fingerprint density at radius 1 is 0.867 bits per heavy atom. The maximum absolute atomic E-state index is 13.2. The highest BCUT2D eigenvalue weighted by Gasteiger charge is 2.25. The highest BCUT2D eigenvalue weighted by Crippen LogP contribution is 2.15. The Kier molecular flexibility index (Phi) is 13.1. The van der Waals surface area contributed by atoms with Crippen LogP contribution in [0, 0.1) is 0 Å². The Hall–Kier alpha value is -4.74. The molecule has 0 fully saturated rings. The zero-order valence-corrected chi connectivity index (χ0v) is 26.1. The lowest BCUT2D eigenvalue weighted by Crippen LogP contribution is -2.48. The van der Waals surface area contributed by atoms with Crippen molar-refractivity contribution in [1.29, 1.82) is 0 Å². The van der Waals surface area contributed by atoms with Crippen molar-refractivity contribution >= 4 is 29.4 Å². The zero-order chi connectivity index (χ0) is 32.8. The number of ether oxygens (including phenoxy) is 2. The lowest BCUT2D eigenvalue weighted by atomic mass is 10.1. The number of anilines is 1. The number of amides is 3. The third-order valence-electron chi connectivity index (χ3n) is 6.53. The Labute approximate surface area is 263 Å². The van der Waals surface area contributed by atoms with Crippen molar-refractivity contribution in [2.75, 3.05) is 32.1 Å². The molecule has 1 atom stereocenters. The van der Waals surface area contributed by atoms with Gasteiger partial charge in [0, 0.05) is 36.3 Å². The quantitative estimate of drug-likeness (QED) is 0.152. The number of carbonyl (C=O) groups is 4. The molecule has 240 valence electrons. The number of hydrogen-bond donors (Lipinski definition) is 5. The van der Waals surface area contributed by atoms with E-state index in [2.05, 4.69) is 21.3 Å². The normalized spacial score (nSPS) is 11.7. The fourth-order valence-corrected chi connectivity index (χ4v) is 4.07. The van der Waals surface area contributed by atoms with Crippen LogP contribution < -0.4 is 26.0 Å². The van der Waals surface area contributed by atoms with E-state index in [-0.39, 0.29) is 25.5 Å². The smallest absolute Gasteiger partial charge is 0.303 e. The first kappa shape index (κ1) is 34.7. The van der Waals surface area contributed by atoms with Gasteiger partial charge in [0.15, 0.2) is 0 Å². The van der Waals surface area contributed by atoms with E-state index in [1.165, 1.54) is 0 Å². The maximum atomic E-state index is 13.2. The topological polar surface area (TPSA) is 155 Å². The molecule has 45 heavy (non-hydrogen) atoms. The van der Waals surface area contributed by atoms with Gasteiger partial charge in [-0.3, -0.25) is 19.2 Å². The molecular weight excluding hydrogens is 576 g/mol. The molecule has 0 aromatic heterocycles. The van der Waals surface area contributed by atoms with E-state index in [0.29, 0.717) is 47.7 Å². The van der Waals surface area contributed by atoms with Gasteiger partial charge >= 0.3 is 5.97 Å². The van der Waals surface area contributed by atoms with Gasteiger partial charge in [0.05, 0.1) is 12.2 Å². The molecule has 5 N–H and O–H groups in total. The third kappa shape index (κ3) is 12.4. The molecule has 0 aliphatic rings. The van der Waals surface area contributed by atoms with Crippen molar-refractivity contribution in [3.63, 3.8) is 0 Å². The predicted molar refractivity (Wildman–Crippen MR) is 171 cm³/mol. The van der Waals surface area contributed by atoms with E-state index in [1.807, 2.05) is 27.8 Å². The molecule has 0 aliphatic carbocycles. The zero-order valence-electron chi connectivity index (χ0n) is 26.1. The fraction of sp³-hybridized carbons (Fsp3) is 0.353. The van der Waals surface area contributed by atoms with Crippen LogP contribution in [0.2, 0.25) is 0 Å². The number of hydrogen-bond acceptors (Lipinski definition) is 7. The van der Waals surface area contributed by atoms with Crippen LogP contribution in [-0.4, -0.2) is 67.2 Å². The second-order valence-corrected chi connectivity index (χ2v) is 11.4. The molecule has 0 radical (unpaired) electrons. The van der Waals surface area contributed by atoms with Crippen LogP contribution in [0.25, 0.3) is 0 Å².